The number of hydrogen-bond donors (Lipinski definition) is 1. The molecule has 7 heteroatoms. The van der Waals surface area contributed by atoms with Gasteiger partial charge in [-0.2, -0.15) is 0 Å². The number of nitrogens with zero attached hydrogens (tertiary/aromatic N) is 2. The number of likely N-dealkylation sites (N-methyl/N-ethyl adjacent to an activating group) is 1. The van der Waals surface area contributed by atoms with E-state index in [1.165, 1.54) is 4.90 Å². The van der Waals surface area contributed by atoms with Gasteiger partial charge >= 0.3 is 6.03 Å². The van der Waals surface area contributed by atoms with Gasteiger partial charge < -0.3 is 15.0 Å². The molecule has 0 radical (unpaired) electrons. The molecular weight excluding hydrogens is 406 g/mol. The minimum atomic E-state index is -1.06. The monoisotopic (exact) mass is 433 g/mol. The molecule has 4 amide bonds. The number of benzene rings is 2. The first-order chi connectivity index (χ1) is 15.4. The van der Waals surface area contributed by atoms with Crippen molar-refractivity contribution >= 4 is 17.8 Å². The molecule has 1 atom stereocenters. The number of carbonyl (C=O) groups excluding carboxylic acids is 3. The number of nitrogens with one attached hydrogen (secondary N) is 1. The summed E-state index contributed by atoms with van der Waals surface area (Å²) in [5.41, 5.74) is 1.76. The van der Waals surface area contributed by atoms with Gasteiger partial charge in [-0.05, 0) is 48.1 Å². The average molecular weight is 434 g/mol. The van der Waals surface area contributed by atoms with Crippen molar-refractivity contribution in [3.05, 3.63) is 77.9 Å². The molecule has 1 aliphatic carbocycles. The molecule has 0 bridgehead atoms. The third-order valence-corrected chi connectivity index (χ3v) is 6.08. The van der Waals surface area contributed by atoms with Gasteiger partial charge in [-0.3, -0.25) is 14.5 Å². The quantitative estimate of drug-likeness (QED) is 0.538. The Morgan fingerprint density at radius 2 is 1.97 bits per heavy atom. The third kappa shape index (κ3) is 3.98. The lowest BCUT2D eigenvalue weighted by atomic mass is 9.76. The van der Waals surface area contributed by atoms with Gasteiger partial charge in [-0.25, -0.2) is 4.79 Å². The van der Waals surface area contributed by atoms with Crippen molar-refractivity contribution in [2.24, 2.45) is 0 Å². The van der Waals surface area contributed by atoms with Crippen LogP contribution in [0.3, 0.4) is 0 Å². The molecule has 2 aromatic rings. The summed E-state index contributed by atoms with van der Waals surface area (Å²) in [6.45, 7) is 4.12. The summed E-state index contributed by atoms with van der Waals surface area (Å²) < 4.78 is 5.47. The van der Waals surface area contributed by atoms with Crippen molar-refractivity contribution in [2.45, 2.75) is 31.3 Å². The second-order valence-electron chi connectivity index (χ2n) is 8.23. The van der Waals surface area contributed by atoms with Gasteiger partial charge in [0.15, 0.2) is 0 Å². The molecule has 1 N–H and O–H groups in total. The Kier molecular flexibility index (Phi) is 5.99. The molecule has 1 saturated heterocycles. The number of fused-ring (bicyclic) bond motifs is 2. The Bertz CT molecular complexity index is 1050. The molecule has 7 nitrogen and oxygen atoms in total. The van der Waals surface area contributed by atoms with Crippen molar-refractivity contribution in [3.63, 3.8) is 0 Å². The number of ether oxygens (including phenoxy) is 1. The van der Waals surface area contributed by atoms with Gasteiger partial charge in [0.2, 0.25) is 5.91 Å². The van der Waals surface area contributed by atoms with E-state index in [0.29, 0.717) is 19.6 Å². The van der Waals surface area contributed by atoms with E-state index in [4.69, 9.17) is 4.74 Å². The summed E-state index contributed by atoms with van der Waals surface area (Å²) in [5, 5.41) is 2.89. The van der Waals surface area contributed by atoms with E-state index in [0.717, 1.165) is 40.2 Å². The number of urea groups is 1. The lowest BCUT2D eigenvalue weighted by Crippen LogP contribution is -2.47. The molecule has 166 valence electrons. The van der Waals surface area contributed by atoms with Crippen LogP contribution in [-0.2, 0) is 28.1 Å². The molecule has 2 aromatic carbocycles. The standard InChI is InChI=1S/C25H27N3O4/c1-3-15-32-20-12-10-18(11-13-20)16-27(2)22(29)17-28-23(30)25(26-24(28)31)14-6-8-19-7-4-5-9-21(19)25/h3-5,7,9-13H,1,6,8,14-17H2,2H3,(H,26,31). The number of aryl methyl sites for hydroxylation is 1. The van der Waals surface area contributed by atoms with Crippen molar-refractivity contribution in [1.29, 1.82) is 0 Å². The molecule has 1 aliphatic heterocycles. The fraction of sp³-hybridized carbons (Fsp3) is 0.320. The van der Waals surface area contributed by atoms with E-state index in [9.17, 15) is 14.4 Å². The fourth-order valence-corrected chi connectivity index (χ4v) is 4.42. The smallest absolute Gasteiger partial charge is 0.325 e. The first-order valence-electron chi connectivity index (χ1n) is 10.7. The van der Waals surface area contributed by atoms with Crippen LogP contribution in [0.1, 0.15) is 29.5 Å². The van der Waals surface area contributed by atoms with Crippen LogP contribution < -0.4 is 10.1 Å². The van der Waals surface area contributed by atoms with Crippen LogP contribution in [0.2, 0.25) is 0 Å². The topological polar surface area (TPSA) is 79.0 Å². The Hall–Kier alpha value is -3.61. The van der Waals surface area contributed by atoms with Crippen molar-refractivity contribution in [2.75, 3.05) is 20.2 Å². The summed E-state index contributed by atoms with van der Waals surface area (Å²) in [4.78, 5) is 41.5. The highest BCUT2D eigenvalue weighted by Gasteiger charge is 2.54. The summed E-state index contributed by atoms with van der Waals surface area (Å²) >= 11 is 0. The molecule has 0 saturated carbocycles. The highest BCUT2D eigenvalue weighted by atomic mass is 16.5. The van der Waals surface area contributed by atoms with Crippen LogP contribution in [0, 0.1) is 0 Å². The van der Waals surface area contributed by atoms with Gasteiger partial charge in [-0.1, -0.05) is 49.1 Å². The molecule has 1 heterocycles. The maximum atomic E-state index is 13.3. The van der Waals surface area contributed by atoms with E-state index in [2.05, 4.69) is 11.9 Å². The normalized spacial score (nSPS) is 19.5. The van der Waals surface area contributed by atoms with E-state index in [1.807, 2.05) is 48.5 Å². The summed E-state index contributed by atoms with van der Waals surface area (Å²) in [7, 11) is 1.66. The van der Waals surface area contributed by atoms with Crippen molar-refractivity contribution in [1.82, 2.24) is 15.1 Å². The van der Waals surface area contributed by atoms with Crippen molar-refractivity contribution in [3.8, 4) is 5.75 Å². The minimum absolute atomic E-state index is 0.286. The highest BCUT2D eigenvalue weighted by molar-refractivity contribution is 6.09. The molecule has 2 aliphatic rings. The number of hydrogen-bond acceptors (Lipinski definition) is 4. The summed E-state index contributed by atoms with van der Waals surface area (Å²) in [5.74, 6) is 0.0711. The lowest BCUT2D eigenvalue weighted by molar-refractivity contribution is -0.139. The van der Waals surface area contributed by atoms with Crippen LogP contribution >= 0.6 is 0 Å². The number of imide groups is 1. The second kappa shape index (κ2) is 8.86. The van der Waals surface area contributed by atoms with Crippen LogP contribution in [0.4, 0.5) is 4.79 Å². The van der Waals surface area contributed by atoms with Gasteiger partial charge in [0.25, 0.3) is 5.91 Å². The van der Waals surface area contributed by atoms with E-state index in [1.54, 1.807) is 13.1 Å². The van der Waals surface area contributed by atoms with Crippen molar-refractivity contribution < 1.29 is 19.1 Å². The summed E-state index contributed by atoms with van der Waals surface area (Å²) in [6.07, 6.45) is 3.89. The maximum absolute atomic E-state index is 13.3. The molecule has 1 unspecified atom stereocenters. The molecule has 4 rings (SSSR count). The van der Waals surface area contributed by atoms with E-state index < -0.39 is 11.6 Å². The van der Waals surface area contributed by atoms with Gasteiger partial charge in [0.1, 0.15) is 24.4 Å². The molecule has 32 heavy (non-hydrogen) atoms. The summed E-state index contributed by atoms with van der Waals surface area (Å²) in [6, 6.07) is 14.6. The molecular formula is C25H27N3O4. The third-order valence-electron chi connectivity index (χ3n) is 6.08. The lowest BCUT2D eigenvalue weighted by Gasteiger charge is -2.33. The largest absolute Gasteiger partial charge is 0.490 e. The fourth-order valence-electron chi connectivity index (χ4n) is 4.42. The first kappa shape index (κ1) is 21.6. The maximum Gasteiger partial charge on any atom is 0.325 e. The average Bonchev–Trinajstić information content (AvgIpc) is 3.03. The van der Waals surface area contributed by atoms with E-state index in [-0.39, 0.29) is 18.4 Å². The number of rotatable bonds is 7. The Morgan fingerprint density at radius 1 is 1.22 bits per heavy atom. The molecule has 0 aromatic heterocycles. The number of amides is 4. The van der Waals surface area contributed by atoms with E-state index >= 15 is 0 Å². The SMILES string of the molecule is C=CCOc1ccc(CN(C)C(=O)CN2C(=O)NC3(CCCc4ccccc43)C2=O)cc1. The van der Waals surface area contributed by atoms with Gasteiger partial charge in [-0.15, -0.1) is 0 Å². The van der Waals surface area contributed by atoms with Gasteiger partial charge in [0.05, 0.1) is 0 Å². The minimum Gasteiger partial charge on any atom is -0.490 e. The zero-order valence-corrected chi connectivity index (χ0v) is 18.2. The van der Waals surface area contributed by atoms with Crippen LogP contribution in [0.25, 0.3) is 0 Å². The predicted molar refractivity (Wildman–Crippen MR) is 120 cm³/mol. The highest BCUT2D eigenvalue weighted by Crippen LogP contribution is 2.39. The Balaban J connectivity index is 1.43. The van der Waals surface area contributed by atoms with Crippen LogP contribution in [0.15, 0.2) is 61.2 Å². The Morgan fingerprint density at radius 3 is 2.72 bits per heavy atom. The zero-order valence-electron chi connectivity index (χ0n) is 18.2. The van der Waals surface area contributed by atoms with Crippen LogP contribution in [0.5, 0.6) is 5.75 Å². The van der Waals surface area contributed by atoms with Gasteiger partial charge in [0, 0.05) is 13.6 Å². The molecule has 1 spiro atoms. The zero-order chi connectivity index (χ0) is 22.7. The predicted octanol–water partition coefficient (Wildman–Crippen LogP) is 2.99. The van der Waals surface area contributed by atoms with Crippen LogP contribution in [-0.4, -0.2) is 47.8 Å². The molecule has 1 fully saturated rings. The Labute approximate surface area is 187 Å². The first-order valence-corrected chi connectivity index (χ1v) is 10.7. The second-order valence-corrected chi connectivity index (χ2v) is 8.23. The number of carbonyl (C=O) groups is 3.